The number of esters is 2. The van der Waals surface area contributed by atoms with Crippen LogP contribution in [0.2, 0.25) is 0 Å². The molecule has 6 aliphatic carbocycles. The number of nitrogens with zero attached hydrogens (tertiary/aromatic N) is 3. The number of phenolic OH excluding ortho intramolecular Hbond substituents is 1. The van der Waals surface area contributed by atoms with Crippen molar-refractivity contribution in [2.45, 2.75) is 151 Å². The van der Waals surface area contributed by atoms with Crippen LogP contribution in [0.15, 0.2) is 127 Å². The molecule has 112 heavy (non-hydrogen) atoms. The summed E-state index contributed by atoms with van der Waals surface area (Å²) in [6.07, 6.45) is 17.8. The standard InChI is InChI=1S/C29H36N2O4.C27H32N2O4.C20H30N2O.C9H8O4.2CH3I.BBr3/c1-19-26-16-23-10-11-24(34-2)17-25(23)29(19,13-15-31(26)18-20-4-5-20)12-14-30-27(32)21-6-8-22(9-7-21)28(33)35-3;1-17-24-14-21-8-9-22(30)15-23(21)27(17,11-13-29(24)16-18-2-3-18)10-12-28-25(31)19-4-6-20(7-5-19)26(32)33;1-14-19-11-16-5-6-17(23-2)12-18(16)20(14,7-9-21)8-10-22(19)13-15-3-4-15;1-13-9(12)7-4-2-6(3-5-7)8(10)11;2*1-2;2-1(3)4/h6-11,17,19-20,26H,4-5,12-16,18H2,1-3H3,(H,30,32);4-9,15,17-18,24,30H,2-3,10-14,16H2,1H3,(H,28,31)(H,32,33);5-6,12,14-15,19H,3-4,7-11,13,21H2,1-2H3;2-5H,1H3,(H,10,11);2*1H3;/t19-,26+,29-;17-,24+,27-;14-,19+,20-;;;;/m000..../s1. The zero-order valence-corrected chi connectivity index (χ0v) is 75.2. The van der Waals surface area contributed by atoms with Gasteiger partial charge in [-0.05, 0) is 310 Å². The Morgan fingerprint density at radius 1 is 0.464 bits per heavy atom. The van der Waals surface area contributed by atoms with Crippen LogP contribution in [0.25, 0.3) is 0 Å². The average Bonchev–Trinajstić information content (AvgIpc) is 1.11. The predicted octanol–water partition coefficient (Wildman–Crippen LogP) is 16.4. The number of phenols is 1. The Morgan fingerprint density at radius 3 is 1.05 bits per heavy atom. The van der Waals surface area contributed by atoms with E-state index >= 15 is 0 Å². The quantitative estimate of drug-likeness (QED) is 0.0160. The van der Waals surface area contributed by atoms with E-state index < -0.39 is 23.9 Å². The van der Waals surface area contributed by atoms with Crippen LogP contribution in [-0.2, 0) is 45.0 Å². The van der Waals surface area contributed by atoms with Crippen molar-refractivity contribution in [2.24, 2.45) is 41.2 Å². The average molecular weight is 1950 g/mol. The monoisotopic (exact) mass is 1950 g/mol. The van der Waals surface area contributed by atoms with Gasteiger partial charge in [-0.15, -0.1) is 47.3 Å². The number of aromatic carboxylic acids is 2. The number of amides is 2. The van der Waals surface area contributed by atoms with Crippen molar-refractivity contribution in [2.75, 3.05) is 97.2 Å². The highest BCUT2D eigenvalue weighted by Crippen LogP contribution is 2.55. The van der Waals surface area contributed by atoms with Crippen LogP contribution < -0.4 is 25.8 Å². The zero-order chi connectivity index (χ0) is 81.2. The molecule has 6 bridgehead atoms. The first-order valence-electron chi connectivity index (χ1n) is 39.2. The fourth-order valence-electron chi connectivity index (χ4n) is 18.7. The van der Waals surface area contributed by atoms with Gasteiger partial charge in [0.2, 0.25) is 0 Å². The molecule has 3 heterocycles. The largest absolute Gasteiger partial charge is 0.508 e. The lowest BCUT2D eigenvalue weighted by Gasteiger charge is -2.56. The van der Waals surface area contributed by atoms with Crippen molar-refractivity contribution in [3.8, 4) is 17.2 Å². The Kier molecular flexibility index (Phi) is 33.8. The number of hydrogen-bond donors (Lipinski definition) is 6. The summed E-state index contributed by atoms with van der Waals surface area (Å²) < 4.78 is 20.6. The van der Waals surface area contributed by atoms with Crippen LogP contribution in [0, 0.1) is 35.5 Å². The Hall–Kier alpha value is -5.66. The first-order chi connectivity index (χ1) is 53.9. The molecule has 15 rings (SSSR count). The third-order valence-electron chi connectivity index (χ3n) is 25.3. The van der Waals surface area contributed by atoms with Gasteiger partial charge in [0.15, 0.2) is 0 Å². The highest BCUT2D eigenvalue weighted by molar-refractivity contribution is 14.1. The molecular formula is C87H112BBr3I2N6O13. The topological polar surface area (TPSA) is 260 Å². The van der Waals surface area contributed by atoms with Crippen molar-refractivity contribution < 1.29 is 63.0 Å². The number of ether oxygens (including phenoxy) is 4. The molecule has 3 saturated heterocycles. The third kappa shape index (κ3) is 22.1. The summed E-state index contributed by atoms with van der Waals surface area (Å²) in [6.45, 7) is 16.3. The Labute approximate surface area is 714 Å². The van der Waals surface area contributed by atoms with Crippen LogP contribution in [0.5, 0.6) is 17.2 Å². The van der Waals surface area contributed by atoms with Gasteiger partial charge in [0.25, 0.3) is 11.8 Å². The van der Waals surface area contributed by atoms with Crippen LogP contribution in [0.1, 0.15) is 193 Å². The maximum absolute atomic E-state index is 12.9. The summed E-state index contributed by atoms with van der Waals surface area (Å²) in [6, 6.07) is 39.1. The van der Waals surface area contributed by atoms with Crippen molar-refractivity contribution >= 4 is 131 Å². The first kappa shape index (κ1) is 90.3. The number of halogens is 5. The van der Waals surface area contributed by atoms with Gasteiger partial charge in [-0.2, -0.15) is 0 Å². The molecule has 6 aromatic carbocycles. The van der Waals surface area contributed by atoms with E-state index in [9.17, 15) is 33.9 Å². The number of nitrogens with two attached hydrogens (primary N) is 1. The van der Waals surface area contributed by atoms with Crippen LogP contribution in [0.3, 0.4) is 0 Å². The van der Waals surface area contributed by atoms with E-state index in [-0.39, 0.29) is 42.4 Å². The second kappa shape index (κ2) is 42.0. The number of methoxy groups -OCH3 is 4. The third-order valence-corrected chi connectivity index (χ3v) is 25.3. The highest BCUT2D eigenvalue weighted by atomic mass is 127. The number of alkyl halides is 2. The van der Waals surface area contributed by atoms with Crippen molar-refractivity contribution in [1.82, 2.24) is 25.3 Å². The molecule has 6 fully saturated rings. The number of aromatic hydroxyl groups is 1. The molecule has 3 saturated carbocycles. The van der Waals surface area contributed by atoms with Crippen molar-refractivity contribution in [1.29, 1.82) is 0 Å². The lowest BCUT2D eigenvalue weighted by atomic mass is 9.56. The molecular weight excluding hydrogens is 1840 g/mol. The van der Waals surface area contributed by atoms with Gasteiger partial charge in [0.05, 0.1) is 50.7 Å². The number of benzene rings is 6. The zero-order valence-electron chi connectivity index (χ0n) is 66.1. The summed E-state index contributed by atoms with van der Waals surface area (Å²) >= 11 is 13.6. The van der Waals surface area contributed by atoms with Gasteiger partial charge >= 0.3 is 27.1 Å². The van der Waals surface area contributed by atoms with E-state index in [1.165, 1.54) is 162 Å². The minimum atomic E-state index is -1.02. The Morgan fingerprint density at radius 2 is 0.759 bits per heavy atom. The summed E-state index contributed by atoms with van der Waals surface area (Å²) in [5.41, 5.74) is 16.8. The molecule has 6 aromatic rings. The molecule has 2 amide bonds. The van der Waals surface area contributed by atoms with Gasteiger partial charge in [0.1, 0.15) is 17.2 Å². The van der Waals surface area contributed by atoms with Crippen molar-refractivity contribution in [3.05, 3.63) is 194 Å². The minimum absolute atomic E-state index is 0.0227. The van der Waals surface area contributed by atoms with Crippen LogP contribution >= 0.6 is 92.5 Å². The molecule has 9 aliphatic rings. The summed E-state index contributed by atoms with van der Waals surface area (Å²) in [5.74, 6) is 3.34. The number of carbonyl (C=O) groups is 6. The van der Waals surface area contributed by atoms with E-state index in [1.54, 1.807) is 56.7 Å². The molecule has 606 valence electrons. The number of rotatable bonds is 22. The minimum Gasteiger partial charge on any atom is -0.508 e. The maximum atomic E-state index is 12.9. The number of nitrogens with one attached hydrogen (secondary N) is 2. The number of carboxylic acid groups (broad SMARTS) is 2. The molecule has 0 unspecified atom stereocenters. The fourth-order valence-corrected chi connectivity index (χ4v) is 18.7. The normalized spacial score (nSPS) is 24.0. The van der Waals surface area contributed by atoms with E-state index in [2.05, 4.69) is 186 Å². The van der Waals surface area contributed by atoms with Gasteiger partial charge in [0, 0.05) is 78.2 Å². The molecule has 0 aromatic heterocycles. The van der Waals surface area contributed by atoms with Crippen LogP contribution in [-0.4, -0.2) is 184 Å². The predicted molar refractivity (Wildman–Crippen MR) is 472 cm³/mol. The van der Waals surface area contributed by atoms with E-state index in [4.69, 9.17) is 30.2 Å². The number of carbonyl (C=O) groups excluding carboxylic acids is 4. The second-order valence-electron chi connectivity index (χ2n) is 31.2. The lowest BCUT2D eigenvalue weighted by molar-refractivity contribution is 0.0158. The second-order valence-corrected chi connectivity index (χ2v) is 37.7. The van der Waals surface area contributed by atoms with Crippen molar-refractivity contribution in [3.63, 3.8) is 0 Å². The van der Waals surface area contributed by atoms with Gasteiger partial charge in [-0.25, -0.2) is 19.2 Å². The van der Waals surface area contributed by atoms with Gasteiger partial charge in [-0.1, -0.05) is 84.2 Å². The fraction of sp³-hybridized carbons (Fsp3) is 0.517. The molecule has 19 nitrogen and oxygen atoms in total. The summed E-state index contributed by atoms with van der Waals surface area (Å²) in [5, 5.41) is 34.1. The molecule has 3 aliphatic heterocycles. The van der Waals surface area contributed by atoms with E-state index in [1.807, 2.05) is 15.9 Å². The van der Waals surface area contributed by atoms with Gasteiger partial charge < -0.3 is 50.6 Å². The molecule has 0 spiro atoms. The van der Waals surface area contributed by atoms with Gasteiger partial charge in [-0.3, -0.25) is 24.3 Å². The Balaban J connectivity index is 0.000000173. The molecule has 25 heteroatoms. The highest BCUT2D eigenvalue weighted by Gasteiger charge is 2.55. The summed E-state index contributed by atoms with van der Waals surface area (Å²) in [4.78, 5) is 81.8. The number of piperidine rings is 3. The SMILES string of the molecule is BrB(Br)Br.CI.CI.COC(=O)c1ccc(C(=O)NCC[C@@]23CCN(CC4CC4)[C@H](Cc4ccc(OC)cc42)[C@@H]3C)cc1.COC(=O)c1ccc(C(=O)O)cc1.COc1ccc2c(c1)[C@@]1(CCN)CCN(CC3CC3)[C@H](C2)[C@@H]1C.C[C@H]1[C@H]2Cc3ccc(O)cc3[C@@]1(CCNC(=O)c1ccc(C(=O)O)cc1)CCN2CC1CC1. The Bertz CT molecular complexity index is 4160. The molecule has 7 N–H and O–H groups in total. The van der Waals surface area contributed by atoms with E-state index in [0.717, 1.165) is 93.8 Å². The smallest absolute Gasteiger partial charge is 0.369 e. The molecule has 0 radical (unpaired) electrons. The molecule has 9 atom stereocenters. The number of likely N-dealkylation sites (tertiary alicyclic amines) is 3. The van der Waals surface area contributed by atoms with Crippen LogP contribution in [0.4, 0.5) is 0 Å². The maximum Gasteiger partial charge on any atom is 0.369 e. The number of carboxylic acids is 2. The summed E-state index contributed by atoms with van der Waals surface area (Å²) in [7, 11) is 6.12. The lowest BCUT2D eigenvalue weighted by Crippen LogP contribution is -2.60. The first-order valence-corrected chi connectivity index (χ1v) is 46.2. The number of hydrogen-bond acceptors (Lipinski definition) is 15. The number of fused-ring (bicyclic) bond motifs is 12. The van der Waals surface area contributed by atoms with E-state index in [0.29, 0.717) is 77.0 Å².